The largest absolute Gasteiger partial charge is 0.360 e. The van der Waals surface area contributed by atoms with Crippen LogP contribution < -0.4 is 16.0 Å². The second-order valence-electron chi connectivity index (χ2n) is 5.88. The van der Waals surface area contributed by atoms with E-state index in [1.54, 1.807) is 24.3 Å². The van der Waals surface area contributed by atoms with Crippen molar-refractivity contribution >= 4 is 23.2 Å². The second-order valence-corrected chi connectivity index (χ2v) is 5.88. The first-order chi connectivity index (χ1) is 11.6. The summed E-state index contributed by atoms with van der Waals surface area (Å²) in [7, 11) is 0. The summed E-state index contributed by atoms with van der Waals surface area (Å²) >= 11 is 0. The van der Waals surface area contributed by atoms with Gasteiger partial charge in [0.2, 0.25) is 5.91 Å². The summed E-state index contributed by atoms with van der Waals surface area (Å²) in [6, 6.07) is 9.13. The Kier molecular flexibility index (Phi) is 6.38. The molecule has 126 valence electrons. The molecule has 2 rings (SSSR count). The van der Waals surface area contributed by atoms with Crippen molar-refractivity contribution in [2.75, 3.05) is 10.6 Å². The van der Waals surface area contributed by atoms with Gasteiger partial charge < -0.3 is 16.0 Å². The molecular formula is C18H22N4O2. The van der Waals surface area contributed by atoms with Crippen LogP contribution in [0.3, 0.4) is 0 Å². The molecule has 1 aliphatic carbocycles. The summed E-state index contributed by atoms with van der Waals surface area (Å²) < 4.78 is 0. The number of nitriles is 1. The van der Waals surface area contributed by atoms with Crippen LogP contribution in [0.2, 0.25) is 0 Å². The molecule has 1 fully saturated rings. The normalized spacial score (nSPS) is 15.2. The summed E-state index contributed by atoms with van der Waals surface area (Å²) in [6.07, 6.45) is 6.77. The average Bonchev–Trinajstić information content (AvgIpc) is 2.56. The fourth-order valence-corrected chi connectivity index (χ4v) is 2.70. The predicted molar refractivity (Wildman–Crippen MR) is 93.1 cm³/mol. The lowest BCUT2D eigenvalue weighted by Crippen LogP contribution is -2.37. The number of nitrogens with zero attached hydrogens (tertiary/aromatic N) is 1. The number of benzene rings is 1. The number of nitrogens with one attached hydrogen (secondary N) is 3. The zero-order chi connectivity index (χ0) is 17.4. The smallest absolute Gasteiger partial charge is 0.263 e. The number of anilines is 2. The van der Waals surface area contributed by atoms with Gasteiger partial charge in [0.25, 0.3) is 5.91 Å². The summed E-state index contributed by atoms with van der Waals surface area (Å²) in [5.41, 5.74) is 1.36. The van der Waals surface area contributed by atoms with Crippen molar-refractivity contribution < 1.29 is 9.59 Å². The van der Waals surface area contributed by atoms with Crippen LogP contribution in [0.5, 0.6) is 0 Å². The maximum atomic E-state index is 12.2. The van der Waals surface area contributed by atoms with Gasteiger partial charge >= 0.3 is 0 Å². The van der Waals surface area contributed by atoms with Gasteiger partial charge in [0, 0.05) is 30.5 Å². The Bertz CT molecular complexity index is 670. The Labute approximate surface area is 141 Å². The maximum Gasteiger partial charge on any atom is 0.263 e. The molecule has 6 nitrogen and oxygen atoms in total. The van der Waals surface area contributed by atoms with Gasteiger partial charge in [-0.2, -0.15) is 5.26 Å². The summed E-state index contributed by atoms with van der Waals surface area (Å²) in [4.78, 5) is 23.3. The molecule has 0 radical (unpaired) electrons. The average molecular weight is 326 g/mol. The van der Waals surface area contributed by atoms with Gasteiger partial charge in [-0.25, -0.2) is 0 Å². The lowest BCUT2D eigenvalue weighted by molar-refractivity contribution is -0.118. The van der Waals surface area contributed by atoms with Crippen molar-refractivity contribution in [3.05, 3.63) is 36.0 Å². The van der Waals surface area contributed by atoms with E-state index in [1.807, 2.05) is 6.07 Å². The third-order valence-electron chi connectivity index (χ3n) is 3.87. The molecule has 2 amide bonds. The van der Waals surface area contributed by atoms with Gasteiger partial charge in [0.05, 0.1) is 0 Å². The summed E-state index contributed by atoms with van der Waals surface area (Å²) in [5.74, 6) is -0.512. The van der Waals surface area contributed by atoms with E-state index in [4.69, 9.17) is 0 Å². The van der Waals surface area contributed by atoms with Gasteiger partial charge in [0.1, 0.15) is 11.6 Å². The Hall–Kier alpha value is -2.81. The van der Waals surface area contributed by atoms with Crippen molar-refractivity contribution in [2.24, 2.45) is 0 Å². The van der Waals surface area contributed by atoms with E-state index in [1.165, 1.54) is 19.5 Å². The third-order valence-corrected chi connectivity index (χ3v) is 3.87. The molecule has 0 atom stereocenters. The molecule has 1 aromatic rings. The standard InChI is InChI=1S/C18H22N4O2/c1-13(23)21-17-9-5-8-16(10-17)20-12-14(11-19)18(24)22-15-6-3-2-4-7-15/h5,8-10,12,15,20H,2-4,6-7H2,1H3,(H,21,23)(H,22,24)/b14-12-. The molecule has 0 unspecified atom stereocenters. The van der Waals surface area contributed by atoms with Crippen LogP contribution in [0.25, 0.3) is 0 Å². The van der Waals surface area contributed by atoms with Crippen LogP contribution in [-0.2, 0) is 9.59 Å². The van der Waals surface area contributed by atoms with Crippen molar-refractivity contribution in [3.8, 4) is 6.07 Å². The first-order valence-corrected chi connectivity index (χ1v) is 8.14. The minimum Gasteiger partial charge on any atom is -0.360 e. The molecule has 6 heteroatoms. The number of carbonyl (C=O) groups excluding carboxylic acids is 2. The van der Waals surface area contributed by atoms with Crippen LogP contribution in [0.4, 0.5) is 11.4 Å². The van der Waals surface area contributed by atoms with Crippen LogP contribution in [-0.4, -0.2) is 17.9 Å². The first kappa shape index (κ1) is 17.5. The highest BCUT2D eigenvalue weighted by Crippen LogP contribution is 2.18. The minimum absolute atomic E-state index is 0.0329. The predicted octanol–water partition coefficient (Wildman–Crippen LogP) is 2.91. The third kappa shape index (κ3) is 5.43. The van der Waals surface area contributed by atoms with Crippen molar-refractivity contribution in [1.29, 1.82) is 5.26 Å². The Morgan fingerprint density at radius 3 is 2.58 bits per heavy atom. The lowest BCUT2D eigenvalue weighted by Gasteiger charge is -2.22. The first-order valence-electron chi connectivity index (χ1n) is 8.14. The highest BCUT2D eigenvalue weighted by atomic mass is 16.2. The molecule has 0 bridgehead atoms. The quantitative estimate of drug-likeness (QED) is 0.573. The van der Waals surface area contributed by atoms with Gasteiger partial charge in [0.15, 0.2) is 0 Å². The molecule has 0 spiro atoms. The molecule has 0 saturated heterocycles. The summed E-state index contributed by atoms with van der Waals surface area (Å²) in [6.45, 7) is 1.43. The molecule has 0 aromatic heterocycles. The topological polar surface area (TPSA) is 94.0 Å². The van der Waals surface area contributed by atoms with E-state index >= 15 is 0 Å². The monoisotopic (exact) mass is 326 g/mol. The number of carbonyl (C=O) groups is 2. The number of rotatable bonds is 5. The van der Waals surface area contributed by atoms with Crippen molar-refractivity contribution in [3.63, 3.8) is 0 Å². The number of hydrogen-bond donors (Lipinski definition) is 3. The van der Waals surface area contributed by atoms with E-state index in [2.05, 4.69) is 16.0 Å². The molecule has 3 N–H and O–H groups in total. The van der Waals surface area contributed by atoms with E-state index in [0.717, 1.165) is 25.7 Å². The molecule has 0 aliphatic heterocycles. The van der Waals surface area contributed by atoms with E-state index in [9.17, 15) is 14.9 Å². The summed E-state index contributed by atoms with van der Waals surface area (Å²) in [5, 5.41) is 17.7. The zero-order valence-corrected chi connectivity index (χ0v) is 13.8. The fraction of sp³-hybridized carbons (Fsp3) is 0.389. The molecule has 1 saturated carbocycles. The minimum atomic E-state index is -0.352. The Balaban J connectivity index is 1.98. The van der Waals surface area contributed by atoms with Crippen molar-refractivity contribution in [2.45, 2.75) is 45.1 Å². The Morgan fingerprint density at radius 1 is 1.21 bits per heavy atom. The van der Waals surface area contributed by atoms with E-state index in [-0.39, 0.29) is 23.4 Å². The van der Waals surface area contributed by atoms with Crippen molar-refractivity contribution in [1.82, 2.24) is 5.32 Å². The Morgan fingerprint density at radius 2 is 1.92 bits per heavy atom. The number of hydrogen-bond acceptors (Lipinski definition) is 4. The maximum absolute atomic E-state index is 12.2. The number of amides is 2. The van der Waals surface area contributed by atoms with Crippen LogP contribution in [0.1, 0.15) is 39.0 Å². The molecule has 0 heterocycles. The lowest BCUT2D eigenvalue weighted by atomic mass is 9.95. The van der Waals surface area contributed by atoms with Gasteiger partial charge in [-0.3, -0.25) is 9.59 Å². The highest BCUT2D eigenvalue weighted by Gasteiger charge is 2.17. The van der Waals surface area contributed by atoms with Crippen LogP contribution >= 0.6 is 0 Å². The molecular weight excluding hydrogens is 304 g/mol. The van der Waals surface area contributed by atoms with E-state index < -0.39 is 0 Å². The zero-order valence-electron chi connectivity index (χ0n) is 13.8. The van der Waals surface area contributed by atoms with Gasteiger partial charge in [-0.1, -0.05) is 25.3 Å². The SMILES string of the molecule is CC(=O)Nc1cccc(N/C=C(/C#N)C(=O)NC2CCCCC2)c1. The molecule has 24 heavy (non-hydrogen) atoms. The second kappa shape index (κ2) is 8.73. The van der Waals surface area contributed by atoms with Crippen LogP contribution in [0.15, 0.2) is 36.0 Å². The molecule has 1 aliphatic rings. The van der Waals surface area contributed by atoms with Gasteiger partial charge in [-0.15, -0.1) is 0 Å². The van der Waals surface area contributed by atoms with Gasteiger partial charge in [-0.05, 0) is 31.0 Å². The molecule has 1 aromatic carbocycles. The van der Waals surface area contributed by atoms with E-state index in [0.29, 0.717) is 11.4 Å². The highest BCUT2D eigenvalue weighted by molar-refractivity contribution is 5.97. The van der Waals surface area contributed by atoms with Crippen LogP contribution in [0, 0.1) is 11.3 Å². The fourth-order valence-electron chi connectivity index (χ4n) is 2.70.